The van der Waals surface area contributed by atoms with Gasteiger partial charge in [-0.1, -0.05) is 0 Å². The number of halogens is 1. The number of non-ortho nitro benzene ring substituents is 1. The molecule has 0 N–H and O–H groups in total. The fourth-order valence-electron chi connectivity index (χ4n) is 2.39. The van der Waals surface area contributed by atoms with Crippen LogP contribution in [0, 0.1) is 15.9 Å². The highest BCUT2D eigenvalue weighted by atomic mass is 32.2. The minimum atomic E-state index is -4.19. The third-order valence-electron chi connectivity index (χ3n) is 3.64. The van der Waals surface area contributed by atoms with Crippen molar-refractivity contribution in [1.29, 1.82) is 0 Å². The third kappa shape index (κ3) is 3.54. The Morgan fingerprint density at radius 3 is 2.23 bits per heavy atom. The molecule has 0 saturated carbocycles. The van der Waals surface area contributed by atoms with E-state index < -0.39 is 20.8 Å². The standard InChI is InChI=1S/C16H17FN2O6S/c1-4-18(14-9-11(19(20)21)5-7-16(14)25-3)26(22,23)12-6-8-15(24-2)13(17)10-12/h5-10H,4H2,1-3H3. The Balaban J connectivity index is 2.61. The van der Waals surface area contributed by atoms with E-state index in [0.717, 1.165) is 16.4 Å². The van der Waals surface area contributed by atoms with Gasteiger partial charge in [-0.15, -0.1) is 0 Å². The van der Waals surface area contributed by atoms with Crippen molar-refractivity contribution in [3.8, 4) is 11.5 Å². The summed E-state index contributed by atoms with van der Waals surface area (Å²) < 4.78 is 50.7. The fourth-order valence-corrected chi connectivity index (χ4v) is 3.88. The first-order chi connectivity index (χ1) is 12.3. The Kier molecular flexibility index (Phi) is 5.66. The Morgan fingerprint density at radius 1 is 1.12 bits per heavy atom. The summed E-state index contributed by atoms with van der Waals surface area (Å²) in [6.07, 6.45) is 0. The first-order valence-corrected chi connectivity index (χ1v) is 8.89. The van der Waals surface area contributed by atoms with Crippen LogP contribution in [-0.2, 0) is 10.0 Å². The summed E-state index contributed by atoms with van der Waals surface area (Å²) in [5.41, 5.74) is -0.309. The summed E-state index contributed by atoms with van der Waals surface area (Å²) in [6.45, 7) is 1.50. The Morgan fingerprint density at radius 2 is 1.73 bits per heavy atom. The van der Waals surface area contributed by atoms with E-state index in [1.54, 1.807) is 6.92 Å². The maximum atomic E-state index is 13.9. The Labute approximate surface area is 150 Å². The molecule has 0 fully saturated rings. The van der Waals surface area contributed by atoms with Crippen LogP contribution >= 0.6 is 0 Å². The monoisotopic (exact) mass is 384 g/mol. The zero-order valence-electron chi connectivity index (χ0n) is 14.3. The molecule has 2 rings (SSSR count). The molecule has 0 radical (unpaired) electrons. The molecule has 0 spiro atoms. The van der Waals surface area contributed by atoms with Gasteiger partial charge in [0.1, 0.15) is 11.4 Å². The molecule has 2 aromatic carbocycles. The van der Waals surface area contributed by atoms with Crippen LogP contribution in [0.25, 0.3) is 0 Å². The quantitative estimate of drug-likeness (QED) is 0.538. The van der Waals surface area contributed by atoms with Crippen LogP contribution in [0.3, 0.4) is 0 Å². The van der Waals surface area contributed by atoms with Crippen molar-refractivity contribution in [2.24, 2.45) is 0 Å². The number of anilines is 1. The number of hydrogen-bond acceptors (Lipinski definition) is 6. The smallest absolute Gasteiger partial charge is 0.271 e. The van der Waals surface area contributed by atoms with E-state index in [4.69, 9.17) is 9.47 Å². The van der Waals surface area contributed by atoms with Gasteiger partial charge in [-0.2, -0.15) is 0 Å². The largest absolute Gasteiger partial charge is 0.495 e. The zero-order chi connectivity index (χ0) is 19.5. The van der Waals surface area contributed by atoms with E-state index in [0.29, 0.717) is 0 Å². The van der Waals surface area contributed by atoms with Crippen molar-refractivity contribution >= 4 is 21.4 Å². The Hall–Kier alpha value is -2.88. The molecule has 0 aliphatic carbocycles. The van der Waals surface area contributed by atoms with Crippen molar-refractivity contribution in [3.05, 3.63) is 52.3 Å². The third-order valence-corrected chi connectivity index (χ3v) is 5.53. The molecule has 0 amide bonds. The molecule has 0 heterocycles. The van der Waals surface area contributed by atoms with Crippen LogP contribution in [0.2, 0.25) is 0 Å². The molecule has 0 aliphatic rings. The van der Waals surface area contributed by atoms with Crippen LogP contribution < -0.4 is 13.8 Å². The normalized spacial score (nSPS) is 11.1. The average Bonchev–Trinajstić information content (AvgIpc) is 2.61. The van der Waals surface area contributed by atoms with E-state index in [-0.39, 0.29) is 34.3 Å². The van der Waals surface area contributed by atoms with Gasteiger partial charge in [-0.25, -0.2) is 12.8 Å². The minimum absolute atomic E-state index is 0.0135. The molecule has 10 heteroatoms. The topological polar surface area (TPSA) is 99.0 Å². The van der Waals surface area contributed by atoms with Gasteiger partial charge >= 0.3 is 0 Å². The van der Waals surface area contributed by atoms with Crippen LogP contribution in [0.1, 0.15) is 6.92 Å². The summed E-state index contributed by atoms with van der Waals surface area (Å²) >= 11 is 0. The van der Waals surface area contributed by atoms with Gasteiger partial charge in [0.25, 0.3) is 15.7 Å². The van der Waals surface area contributed by atoms with Crippen molar-refractivity contribution in [2.75, 3.05) is 25.1 Å². The molecule has 0 aromatic heterocycles. The fraction of sp³-hybridized carbons (Fsp3) is 0.250. The van der Waals surface area contributed by atoms with Gasteiger partial charge in [0.2, 0.25) is 0 Å². The maximum Gasteiger partial charge on any atom is 0.271 e. The number of nitro benzene ring substituents is 1. The second-order valence-corrected chi connectivity index (χ2v) is 6.94. The first-order valence-electron chi connectivity index (χ1n) is 7.45. The second kappa shape index (κ2) is 7.56. The lowest BCUT2D eigenvalue weighted by Crippen LogP contribution is -2.31. The van der Waals surface area contributed by atoms with Crippen LogP contribution in [0.15, 0.2) is 41.3 Å². The summed E-state index contributed by atoms with van der Waals surface area (Å²) in [4.78, 5) is 10.1. The predicted octanol–water partition coefficient (Wildman–Crippen LogP) is 2.97. The molecular formula is C16H17FN2O6S. The van der Waals surface area contributed by atoms with Crippen LogP contribution in [-0.4, -0.2) is 34.1 Å². The highest BCUT2D eigenvalue weighted by Crippen LogP contribution is 2.36. The SMILES string of the molecule is CCN(c1cc([N+](=O)[O-])ccc1OC)S(=O)(=O)c1ccc(OC)c(F)c1. The molecule has 0 saturated heterocycles. The van der Waals surface area contributed by atoms with Crippen LogP contribution in [0.4, 0.5) is 15.8 Å². The van der Waals surface area contributed by atoms with Gasteiger partial charge in [0.15, 0.2) is 11.6 Å². The van der Waals surface area contributed by atoms with Gasteiger partial charge in [0.05, 0.1) is 24.0 Å². The van der Waals surface area contributed by atoms with Crippen molar-refractivity contribution in [3.63, 3.8) is 0 Å². The molecule has 0 unspecified atom stereocenters. The number of nitro groups is 1. The van der Waals surface area contributed by atoms with Gasteiger partial charge in [-0.3, -0.25) is 14.4 Å². The molecule has 0 atom stereocenters. The number of sulfonamides is 1. The van der Waals surface area contributed by atoms with Gasteiger partial charge < -0.3 is 9.47 Å². The molecule has 0 aliphatic heterocycles. The number of benzene rings is 2. The zero-order valence-corrected chi connectivity index (χ0v) is 15.1. The summed E-state index contributed by atoms with van der Waals surface area (Å²) in [5, 5.41) is 11.0. The second-order valence-electron chi connectivity index (χ2n) is 5.08. The summed E-state index contributed by atoms with van der Waals surface area (Å²) in [6, 6.07) is 6.83. The van der Waals surface area contributed by atoms with E-state index in [9.17, 15) is 22.9 Å². The first kappa shape index (κ1) is 19.4. The van der Waals surface area contributed by atoms with E-state index in [1.807, 2.05) is 0 Å². The molecule has 26 heavy (non-hydrogen) atoms. The predicted molar refractivity (Wildman–Crippen MR) is 92.8 cm³/mol. The van der Waals surface area contributed by atoms with Gasteiger partial charge in [-0.05, 0) is 31.2 Å². The molecule has 140 valence electrons. The lowest BCUT2D eigenvalue weighted by molar-refractivity contribution is -0.384. The van der Waals surface area contributed by atoms with Crippen molar-refractivity contribution in [1.82, 2.24) is 0 Å². The summed E-state index contributed by atoms with van der Waals surface area (Å²) in [7, 11) is -1.61. The lowest BCUT2D eigenvalue weighted by Gasteiger charge is -2.24. The number of rotatable bonds is 7. The van der Waals surface area contributed by atoms with Crippen molar-refractivity contribution < 1.29 is 27.2 Å². The number of hydrogen-bond donors (Lipinski definition) is 0. The molecule has 2 aromatic rings. The molecule has 0 bridgehead atoms. The Bertz CT molecular complexity index is 932. The lowest BCUT2D eigenvalue weighted by atomic mass is 10.2. The van der Waals surface area contributed by atoms with Gasteiger partial charge in [0, 0.05) is 18.7 Å². The number of methoxy groups -OCH3 is 2. The highest BCUT2D eigenvalue weighted by Gasteiger charge is 2.28. The van der Waals surface area contributed by atoms with E-state index >= 15 is 0 Å². The minimum Gasteiger partial charge on any atom is -0.495 e. The average molecular weight is 384 g/mol. The summed E-state index contributed by atoms with van der Waals surface area (Å²) in [5.74, 6) is -0.800. The number of ether oxygens (including phenoxy) is 2. The van der Waals surface area contributed by atoms with E-state index in [1.165, 1.54) is 38.5 Å². The highest BCUT2D eigenvalue weighted by molar-refractivity contribution is 7.92. The van der Waals surface area contributed by atoms with Crippen LogP contribution in [0.5, 0.6) is 11.5 Å². The molecular weight excluding hydrogens is 367 g/mol. The molecule has 8 nitrogen and oxygen atoms in total. The maximum absolute atomic E-state index is 13.9. The van der Waals surface area contributed by atoms with Crippen molar-refractivity contribution in [2.45, 2.75) is 11.8 Å². The number of nitrogens with zero attached hydrogens (tertiary/aromatic N) is 2. The van der Waals surface area contributed by atoms with E-state index in [2.05, 4.69) is 0 Å².